The Bertz CT molecular complexity index is 5280. The summed E-state index contributed by atoms with van der Waals surface area (Å²) in [5, 5.41) is 0. The van der Waals surface area contributed by atoms with Gasteiger partial charge >= 0.3 is 0 Å². The molecule has 28 heteroatoms. The van der Waals surface area contributed by atoms with E-state index in [1.807, 2.05) is 128 Å². The summed E-state index contributed by atoms with van der Waals surface area (Å²) in [6.45, 7) is 14.6. The molecular formula is C90H86F2N16O10. The Labute approximate surface area is 679 Å². The lowest BCUT2D eigenvalue weighted by atomic mass is 10.0. The van der Waals surface area contributed by atoms with Gasteiger partial charge in [-0.1, -0.05) is 24.3 Å². The van der Waals surface area contributed by atoms with Crippen LogP contribution >= 0.6 is 0 Å². The summed E-state index contributed by atoms with van der Waals surface area (Å²) in [5.41, 5.74) is 9.53. The van der Waals surface area contributed by atoms with E-state index in [4.69, 9.17) is 27.8 Å². The van der Waals surface area contributed by atoms with Crippen LogP contribution in [0.1, 0.15) is 127 Å². The largest absolute Gasteiger partial charge is 0.472 e. The van der Waals surface area contributed by atoms with Crippen LogP contribution in [-0.2, 0) is 0 Å². The van der Waals surface area contributed by atoms with Crippen molar-refractivity contribution in [3.05, 3.63) is 264 Å². The molecule has 26 nitrogen and oxygen atoms in total. The van der Waals surface area contributed by atoms with Crippen molar-refractivity contribution in [2.45, 2.75) is 141 Å². The van der Waals surface area contributed by atoms with Gasteiger partial charge in [-0.15, -0.1) is 0 Å². The zero-order valence-corrected chi connectivity index (χ0v) is 65.9. The second-order valence-corrected chi connectivity index (χ2v) is 31.7. The smallest absolute Gasteiger partial charge is 0.273 e. The maximum absolute atomic E-state index is 14.3. The minimum Gasteiger partial charge on any atom is -0.472 e. The Morgan fingerprint density at radius 1 is 0.347 bits per heavy atom. The van der Waals surface area contributed by atoms with Crippen LogP contribution in [0.4, 0.5) is 8.78 Å². The molecular weight excluding hydrogens is 1500 g/mol. The molecule has 0 radical (unpaired) electrons. The second kappa shape index (κ2) is 33.6. The standard InChI is InChI=1S/2C23H21FN4O2.2C22H22N4O3/c1-14-6-7-20(27-12-14)30-19-11-15-10-18(19)28(13-15)23(29)16-4-2-8-25-21(16)22-17(24)5-3-9-26-22;1-14-6-7-20(27-12-14)30-19-11-15-10-18(19)28(13-15)23(29)22-16(4-2-8-26-22)21-17(24)5-3-9-25-21;1-13-3-6-19(24-11-13)29-18-10-15-9-17(18)26(12-15)22(27)16-5-4-14(2)25-20(16)21-23-7-8-28-21;1-13-3-4-19(24-10-13)29-18-9-15-8-17(18)26(12-15)22(27)20-16(7-14(2)11-25-20)21-23-5-6-28-21/h2*2-9,12,15,18-19H,10-11,13H2,1H3;3-8,11,15,17-18H,9-10,12H2,1-2H3;3-7,10-11,15,17-18H,8-9,12H2,1-2H3. The molecule has 12 aromatic rings. The molecule has 4 saturated carbocycles. The minimum absolute atomic E-state index is 0.0242. The fourth-order valence-corrected chi connectivity index (χ4v) is 17.8. The van der Waals surface area contributed by atoms with Crippen LogP contribution < -0.4 is 18.9 Å². The van der Waals surface area contributed by atoms with Gasteiger partial charge in [0, 0.05) is 117 Å². The molecule has 16 heterocycles. The van der Waals surface area contributed by atoms with Crippen molar-refractivity contribution in [3.8, 4) is 69.2 Å². The SMILES string of the molecule is Cc1ccc(OC2CC3CC2N(C(=O)c2ccc(C)nc2-c2ncco2)C3)nc1.Cc1ccc(OC2CC3CC2N(C(=O)c2cccnc2-c2ncccc2F)C3)nc1.Cc1ccc(OC2CC3CC2N(C(=O)c2ncc(C)cc2-c2ncco2)C3)nc1.Cc1ccc(OC2CC3CC2N(C(=O)c2ncccc2-c2ncccc2F)C3)nc1. The summed E-state index contributed by atoms with van der Waals surface area (Å²) in [6.07, 6.45) is 28.1. The molecule has 4 amide bonds. The molecule has 12 atom stereocenters. The molecule has 4 aliphatic heterocycles. The predicted octanol–water partition coefficient (Wildman–Crippen LogP) is 14.2. The van der Waals surface area contributed by atoms with Crippen LogP contribution in [0, 0.1) is 76.8 Å². The molecule has 8 aliphatic rings. The zero-order chi connectivity index (χ0) is 81.2. The number of ether oxygens (including phenoxy) is 4. The van der Waals surface area contributed by atoms with E-state index in [-0.39, 0.29) is 95.0 Å². The number of oxazole rings is 2. The highest BCUT2D eigenvalue weighted by atomic mass is 19.1. The Morgan fingerprint density at radius 2 is 0.729 bits per heavy atom. The lowest BCUT2D eigenvalue weighted by Crippen LogP contribution is -2.47. The summed E-state index contributed by atoms with van der Waals surface area (Å²) >= 11 is 0. The molecule has 600 valence electrons. The van der Waals surface area contributed by atoms with E-state index in [9.17, 15) is 28.0 Å². The second-order valence-electron chi connectivity index (χ2n) is 31.7. The number of aromatic nitrogens is 12. The molecule has 20 rings (SSSR count). The fraction of sp³-hybridized carbons (Fsp3) is 0.333. The first-order valence-corrected chi connectivity index (χ1v) is 39.8. The van der Waals surface area contributed by atoms with Crippen LogP contribution in [-0.4, -0.2) is 178 Å². The molecule has 12 aromatic heterocycles. The van der Waals surface area contributed by atoms with Gasteiger partial charge < -0.3 is 47.4 Å². The molecule has 12 unspecified atom stereocenters. The van der Waals surface area contributed by atoms with Gasteiger partial charge in [0.15, 0.2) is 5.82 Å². The summed E-state index contributed by atoms with van der Waals surface area (Å²) < 4.78 is 64.1. The van der Waals surface area contributed by atoms with Crippen molar-refractivity contribution in [1.29, 1.82) is 0 Å². The molecule has 4 saturated heterocycles. The van der Waals surface area contributed by atoms with Crippen molar-refractivity contribution < 1.29 is 55.7 Å². The first-order valence-electron chi connectivity index (χ1n) is 39.8. The quantitative estimate of drug-likeness (QED) is 0.0868. The van der Waals surface area contributed by atoms with E-state index in [2.05, 4.69) is 59.8 Å². The summed E-state index contributed by atoms with van der Waals surface area (Å²) in [5.74, 6) is 3.27. The minimum atomic E-state index is -0.500. The van der Waals surface area contributed by atoms with Crippen LogP contribution in [0.25, 0.3) is 45.7 Å². The predicted molar refractivity (Wildman–Crippen MR) is 428 cm³/mol. The summed E-state index contributed by atoms with van der Waals surface area (Å²) in [6, 6.07) is 33.3. The number of carbonyl (C=O) groups excluding carboxylic acids is 4. The molecule has 0 aromatic carbocycles. The van der Waals surface area contributed by atoms with Crippen LogP contribution in [0.15, 0.2) is 205 Å². The first-order chi connectivity index (χ1) is 57.4. The van der Waals surface area contributed by atoms with Gasteiger partial charge in [0.1, 0.15) is 76.9 Å². The van der Waals surface area contributed by atoms with Crippen molar-refractivity contribution >= 4 is 23.6 Å². The number of rotatable bonds is 16. The maximum atomic E-state index is 14.3. The number of amides is 4. The number of pyridine rings is 10. The third-order valence-corrected chi connectivity index (χ3v) is 23.2. The monoisotopic (exact) mass is 1590 g/mol. The van der Waals surface area contributed by atoms with Gasteiger partial charge in [-0.3, -0.25) is 39.1 Å². The number of halogens is 2. The van der Waals surface area contributed by atoms with Gasteiger partial charge in [-0.05, 0) is 211 Å². The number of likely N-dealkylation sites (tertiary alicyclic amines) is 4. The van der Waals surface area contributed by atoms with Crippen molar-refractivity contribution in [2.24, 2.45) is 23.7 Å². The molecule has 4 aliphatic carbocycles. The summed E-state index contributed by atoms with van der Waals surface area (Å²) in [7, 11) is 0. The van der Waals surface area contributed by atoms with Crippen molar-refractivity contribution in [1.82, 2.24) is 79.4 Å². The van der Waals surface area contributed by atoms with Crippen LogP contribution in [0.3, 0.4) is 0 Å². The van der Waals surface area contributed by atoms with Gasteiger partial charge in [-0.2, -0.15) is 0 Å². The lowest BCUT2D eigenvalue weighted by molar-refractivity contribution is 0.0459. The lowest BCUT2D eigenvalue weighted by Gasteiger charge is -2.33. The van der Waals surface area contributed by atoms with E-state index in [0.717, 1.165) is 98.0 Å². The highest BCUT2D eigenvalue weighted by Crippen LogP contribution is 2.46. The van der Waals surface area contributed by atoms with E-state index < -0.39 is 11.6 Å². The van der Waals surface area contributed by atoms with E-state index in [1.165, 1.54) is 49.2 Å². The van der Waals surface area contributed by atoms with Gasteiger partial charge in [-0.25, -0.2) is 48.7 Å². The molecule has 8 bridgehead atoms. The Hall–Kier alpha value is -13.1. The van der Waals surface area contributed by atoms with Crippen molar-refractivity contribution in [3.63, 3.8) is 0 Å². The number of piperidine rings is 4. The van der Waals surface area contributed by atoms with Crippen LogP contribution in [0.2, 0.25) is 0 Å². The molecule has 118 heavy (non-hydrogen) atoms. The maximum Gasteiger partial charge on any atom is 0.273 e. The third kappa shape index (κ3) is 16.4. The van der Waals surface area contributed by atoms with Gasteiger partial charge in [0.2, 0.25) is 35.3 Å². The van der Waals surface area contributed by atoms with E-state index >= 15 is 0 Å². The Morgan fingerprint density at radius 3 is 1.14 bits per heavy atom. The zero-order valence-electron chi connectivity index (χ0n) is 65.9. The molecule has 0 N–H and O–H groups in total. The Balaban J connectivity index is 0.000000113. The first kappa shape index (κ1) is 77.4. The van der Waals surface area contributed by atoms with Gasteiger partial charge in [0.05, 0.1) is 53.3 Å². The highest BCUT2D eigenvalue weighted by molar-refractivity contribution is 6.02. The Kier molecular flexibility index (Phi) is 22.0. The number of carbonyl (C=O) groups is 4. The number of hydrogen-bond acceptors (Lipinski definition) is 22. The number of nitrogens with zero attached hydrogens (tertiary/aromatic N) is 16. The number of fused-ring (bicyclic) bond motifs is 8. The molecule has 0 spiro atoms. The number of aryl methyl sites for hydroxylation is 6. The van der Waals surface area contributed by atoms with Crippen LogP contribution in [0.5, 0.6) is 23.5 Å². The molecule has 8 fully saturated rings. The van der Waals surface area contributed by atoms with E-state index in [0.29, 0.717) is 106 Å². The normalized spacial score (nSPS) is 22.6. The van der Waals surface area contributed by atoms with Crippen molar-refractivity contribution in [2.75, 3.05) is 26.2 Å². The highest BCUT2D eigenvalue weighted by Gasteiger charge is 2.53. The average Bonchev–Trinajstić information content (AvgIpc) is 1.61. The summed E-state index contributed by atoms with van der Waals surface area (Å²) in [4.78, 5) is 113. The number of hydrogen-bond donors (Lipinski definition) is 0. The van der Waals surface area contributed by atoms with Gasteiger partial charge in [0.25, 0.3) is 23.6 Å². The topological polar surface area (TPSA) is 299 Å². The average molecular weight is 1590 g/mol. The third-order valence-electron chi connectivity index (χ3n) is 23.2. The van der Waals surface area contributed by atoms with E-state index in [1.54, 1.807) is 80.0 Å². The fourth-order valence-electron chi connectivity index (χ4n) is 17.8.